The van der Waals surface area contributed by atoms with E-state index < -0.39 is 0 Å². The van der Waals surface area contributed by atoms with Crippen molar-refractivity contribution in [3.8, 4) is 16.9 Å². The number of likely N-dealkylation sites (tertiary alicyclic amines) is 1. The highest BCUT2D eigenvalue weighted by atomic mass is 16.7. The van der Waals surface area contributed by atoms with E-state index in [1.807, 2.05) is 66.7 Å². The first-order valence-electron chi connectivity index (χ1n) is 12.7. The standard InChI is InChI=1S/C30H32N2O5/c1-31(2)28(33)23-10-8-22(9-11-23)25-12-13-27-26(18-25)20-35-29(37-27)24-14-16-32(17-15-24)30(34)36-19-21-6-4-3-5-7-21/h3-13,18,24,29H,14-17,19-20H2,1-2H3. The SMILES string of the molecule is CN(C)C(=O)c1ccc(-c2ccc3c(c2)COC(C2CCN(C(=O)OCc4ccccc4)CC2)O3)cc1. The van der Waals surface area contributed by atoms with E-state index in [4.69, 9.17) is 14.2 Å². The van der Waals surface area contributed by atoms with Crippen LogP contribution >= 0.6 is 0 Å². The predicted molar refractivity (Wildman–Crippen MR) is 140 cm³/mol. The molecule has 2 aliphatic rings. The number of piperidine rings is 1. The highest BCUT2D eigenvalue weighted by Gasteiger charge is 2.33. The molecule has 1 fully saturated rings. The Morgan fingerprint density at radius 3 is 2.35 bits per heavy atom. The van der Waals surface area contributed by atoms with Gasteiger partial charge < -0.3 is 24.0 Å². The molecular weight excluding hydrogens is 468 g/mol. The topological polar surface area (TPSA) is 68.3 Å². The Bertz CT molecular complexity index is 1230. The van der Waals surface area contributed by atoms with Crippen LogP contribution in [-0.4, -0.2) is 55.3 Å². The fraction of sp³-hybridized carbons (Fsp3) is 0.333. The van der Waals surface area contributed by atoms with Crippen LogP contribution in [0.1, 0.15) is 34.3 Å². The van der Waals surface area contributed by atoms with Gasteiger partial charge in [0.25, 0.3) is 5.91 Å². The highest BCUT2D eigenvalue weighted by molar-refractivity contribution is 5.94. The van der Waals surface area contributed by atoms with Gasteiger partial charge in [0.1, 0.15) is 12.4 Å². The van der Waals surface area contributed by atoms with Crippen molar-refractivity contribution in [3.05, 3.63) is 89.5 Å². The van der Waals surface area contributed by atoms with Gasteiger partial charge in [-0.3, -0.25) is 4.79 Å². The van der Waals surface area contributed by atoms with Crippen molar-refractivity contribution < 1.29 is 23.8 Å². The van der Waals surface area contributed by atoms with Gasteiger partial charge >= 0.3 is 6.09 Å². The Morgan fingerprint density at radius 1 is 0.946 bits per heavy atom. The average molecular weight is 501 g/mol. The number of benzene rings is 3. The number of amides is 2. The number of hydrogen-bond acceptors (Lipinski definition) is 5. The highest BCUT2D eigenvalue weighted by Crippen LogP contribution is 2.35. The molecule has 0 aromatic heterocycles. The fourth-order valence-electron chi connectivity index (χ4n) is 4.78. The van der Waals surface area contributed by atoms with E-state index in [1.54, 1.807) is 23.9 Å². The maximum absolute atomic E-state index is 12.5. The minimum atomic E-state index is -0.322. The van der Waals surface area contributed by atoms with E-state index in [-0.39, 0.29) is 30.8 Å². The van der Waals surface area contributed by atoms with Crippen molar-refractivity contribution in [1.29, 1.82) is 0 Å². The van der Waals surface area contributed by atoms with E-state index in [1.165, 1.54) is 0 Å². The zero-order chi connectivity index (χ0) is 25.8. The number of carbonyl (C=O) groups is 2. The number of fused-ring (bicyclic) bond motifs is 1. The van der Waals surface area contributed by atoms with Crippen LogP contribution in [0, 0.1) is 5.92 Å². The van der Waals surface area contributed by atoms with Crippen LogP contribution in [0.4, 0.5) is 4.79 Å². The summed E-state index contributed by atoms with van der Waals surface area (Å²) in [5, 5.41) is 0. The molecule has 3 aromatic carbocycles. The van der Waals surface area contributed by atoms with Crippen LogP contribution in [0.15, 0.2) is 72.8 Å². The van der Waals surface area contributed by atoms with Crippen LogP contribution in [0.25, 0.3) is 11.1 Å². The first-order chi connectivity index (χ1) is 18.0. The molecule has 0 spiro atoms. The maximum atomic E-state index is 12.5. The van der Waals surface area contributed by atoms with Gasteiger partial charge in [0, 0.05) is 44.2 Å². The smallest absolute Gasteiger partial charge is 0.410 e. The third-order valence-electron chi connectivity index (χ3n) is 6.97. The monoisotopic (exact) mass is 500 g/mol. The van der Waals surface area contributed by atoms with Gasteiger partial charge in [-0.05, 0) is 53.8 Å². The number of nitrogens with zero attached hydrogens (tertiary/aromatic N) is 2. The molecule has 5 rings (SSSR count). The minimum Gasteiger partial charge on any atom is -0.464 e. The summed E-state index contributed by atoms with van der Waals surface area (Å²) >= 11 is 0. The number of hydrogen-bond donors (Lipinski definition) is 0. The third-order valence-corrected chi connectivity index (χ3v) is 6.97. The molecule has 2 heterocycles. The summed E-state index contributed by atoms with van der Waals surface area (Å²) in [5.74, 6) is 1.04. The minimum absolute atomic E-state index is 0.0141. The summed E-state index contributed by atoms with van der Waals surface area (Å²) in [7, 11) is 3.49. The van der Waals surface area contributed by atoms with Gasteiger partial charge in [-0.15, -0.1) is 0 Å². The molecule has 7 heteroatoms. The van der Waals surface area contributed by atoms with Crippen molar-refractivity contribution in [2.45, 2.75) is 32.3 Å². The van der Waals surface area contributed by atoms with E-state index in [0.717, 1.165) is 40.8 Å². The van der Waals surface area contributed by atoms with Crippen LogP contribution in [-0.2, 0) is 22.7 Å². The van der Waals surface area contributed by atoms with Gasteiger partial charge in [0.2, 0.25) is 6.29 Å². The Morgan fingerprint density at radius 2 is 1.65 bits per heavy atom. The van der Waals surface area contributed by atoms with Gasteiger partial charge in [0.15, 0.2) is 0 Å². The number of ether oxygens (including phenoxy) is 3. The fourth-order valence-corrected chi connectivity index (χ4v) is 4.78. The Labute approximate surface area is 217 Å². The molecule has 1 saturated heterocycles. The van der Waals surface area contributed by atoms with Gasteiger partial charge in [-0.2, -0.15) is 0 Å². The molecule has 37 heavy (non-hydrogen) atoms. The van der Waals surface area contributed by atoms with Gasteiger partial charge in [0.05, 0.1) is 6.61 Å². The predicted octanol–water partition coefficient (Wildman–Crippen LogP) is 5.34. The first-order valence-corrected chi connectivity index (χ1v) is 12.7. The largest absolute Gasteiger partial charge is 0.464 e. The second kappa shape index (κ2) is 11.0. The Balaban J connectivity index is 1.14. The van der Waals surface area contributed by atoms with Crippen molar-refractivity contribution >= 4 is 12.0 Å². The van der Waals surface area contributed by atoms with Crippen molar-refractivity contribution in [3.63, 3.8) is 0 Å². The Hall–Kier alpha value is -3.84. The molecule has 2 amide bonds. The molecule has 3 aromatic rings. The molecule has 0 N–H and O–H groups in total. The van der Waals surface area contributed by atoms with Crippen LogP contribution in [0.2, 0.25) is 0 Å². The lowest BCUT2D eigenvalue weighted by atomic mass is 9.95. The first kappa shape index (κ1) is 24.8. The van der Waals surface area contributed by atoms with Crippen molar-refractivity contribution in [1.82, 2.24) is 9.80 Å². The molecule has 1 atom stereocenters. The number of carbonyl (C=O) groups excluding carboxylic acids is 2. The van der Waals surface area contributed by atoms with Crippen molar-refractivity contribution in [2.75, 3.05) is 27.2 Å². The van der Waals surface area contributed by atoms with E-state index in [2.05, 4.69) is 6.07 Å². The lowest BCUT2D eigenvalue weighted by molar-refractivity contribution is -0.148. The van der Waals surface area contributed by atoms with Crippen LogP contribution < -0.4 is 4.74 Å². The molecule has 7 nitrogen and oxygen atoms in total. The van der Waals surface area contributed by atoms with Crippen LogP contribution in [0.5, 0.6) is 5.75 Å². The lowest BCUT2D eigenvalue weighted by Gasteiger charge is -2.37. The molecule has 0 radical (unpaired) electrons. The summed E-state index contributed by atoms with van der Waals surface area (Å²) in [5.41, 5.74) is 4.73. The summed E-state index contributed by atoms with van der Waals surface area (Å²) < 4.78 is 17.8. The summed E-state index contributed by atoms with van der Waals surface area (Å²) in [6.07, 6.45) is 1.01. The second-order valence-corrected chi connectivity index (χ2v) is 9.76. The van der Waals surface area contributed by atoms with Gasteiger partial charge in [-0.25, -0.2) is 4.79 Å². The summed E-state index contributed by atoms with van der Waals surface area (Å²) in [6.45, 7) is 2.01. The molecule has 0 saturated carbocycles. The lowest BCUT2D eigenvalue weighted by Crippen LogP contribution is -2.44. The van der Waals surface area contributed by atoms with E-state index in [0.29, 0.717) is 25.3 Å². The molecule has 0 aliphatic carbocycles. The molecule has 2 aliphatic heterocycles. The zero-order valence-electron chi connectivity index (χ0n) is 21.3. The molecule has 0 bridgehead atoms. The van der Waals surface area contributed by atoms with E-state index >= 15 is 0 Å². The third kappa shape index (κ3) is 5.78. The second-order valence-electron chi connectivity index (χ2n) is 9.76. The quantitative estimate of drug-likeness (QED) is 0.473. The Kier molecular flexibility index (Phi) is 7.42. The summed E-state index contributed by atoms with van der Waals surface area (Å²) in [6, 6.07) is 23.4. The number of rotatable bonds is 5. The molecule has 1 unspecified atom stereocenters. The summed E-state index contributed by atoms with van der Waals surface area (Å²) in [4.78, 5) is 28.0. The normalized spacial score (nSPS) is 17.5. The zero-order valence-corrected chi connectivity index (χ0v) is 21.3. The van der Waals surface area contributed by atoms with Crippen LogP contribution in [0.3, 0.4) is 0 Å². The molecule has 192 valence electrons. The maximum Gasteiger partial charge on any atom is 0.410 e. The van der Waals surface area contributed by atoms with Gasteiger partial charge in [-0.1, -0.05) is 48.5 Å². The molecular formula is C30H32N2O5. The average Bonchev–Trinajstić information content (AvgIpc) is 2.95. The van der Waals surface area contributed by atoms with Crippen molar-refractivity contribution in [2.24, 2.45) is 5.92 Å². The van der Waals surface area contributed by atoms with E-state index in [9.17, 15) is 9.59 Å².